The van der Waals surface area contributed by atoms with Crippen LogP contribution in [0.1, 0.15) is 10.4 Å². The van der Waals surface area contributed by atoms with Gasteiger partial charge in [-0.3, -0.25) is 9.59 Å². The number of amides is 2. The molecule has 0 atom stereocenters. The van der Waals surface area contributed by atoms with E-state index in [4.69, 9.17) is 9.47 Å². The lowest BCUT2D eigenvalue weighted by molar-refractivity contribution is -0.134. The maximum absolute atomic E-state index is 12.8. The molecule has 0 N–H and O–H groups in total. The van der Waals surface area contributed by atoms with Gasteiger partial charge in [0, 0.05) is 49.8 Å². The first-order chi connectivity index (χ1) is 15.2. The molecule has 0 saturated carbocycles. The number of piperazine rings is 1. The Kier molecular flexibility index (Phi) is 6.21. The summed E-state index contributed by atoms with van der Waals surface area (Å²) in [5.41, 5.74) is 1.65. The normalized spacial score (nSPS) is 13.7. The second-order valence-electron chi connectivity index (χ2n) is 7.25. The zero-order valence-corrected chi connectivity index (χ0v) is 17.4. The molecule has 2 aromatic carbocycles. The highest BCUT2D eigenvalue weighted by molar-refractivity contribution is 5.94. The van der Waals surface area contributed by atoms with Gasteiger partial charge in [0.1, 0.15) is 0 Å². The van der Waals surface area contributed by atoms with E-state index in [2.05, 4.69) is 0 Å². The predicted octanol–water partition coefficient (Wildman–Crippen LogP) is 2.85. The fraction of sp³-hybridized carbons (Fsp3) is 0.250. The fourth-order valence-corrected chi connectivity index (χ4v) is 3.59. The topological polar surface area (TPSA) is 64.0 Å². The third kappa shape index (κ3) is 4.71. The summed E-state index contributed by atoms with van der Waals surface area (Å²) in [5, 5.41) is 0. The molecule has 1 aliphatic rings. The van der Waals surface area contributed by atoms with Crippen LogP contribution in [0.25, 0.3) is 5.69 Å². The van der Waals surface area contributed by atoms with Gasteiger partial charge in [0.2, 0.25) is 0 Å². The molecule has 7 nitrogen and oxygen atoms in total. The number of carbonyl (C=O) groups is 2. The van der Waals surface area contributed by atoms with Gasteiger partial charge < -0.3 is 23.8 Å². The summed E-state index contributed by atoms with van der Waals surface area (Å²) in [7, 11) is 1.56. The second-order valence-corrected chi connectivity index (χ2v) is 7.25. The van der Waals surface area contributed by atoms with E-state index in [-0.39, 0.29) is 18.4 Å². The van der Waals surface area contributed by atoms with Crippen LogP contribution in [-0.2, 0) is 4.79 Å². The van der Waals surface area contributed by atoms with Gasteiger partial charge in [-0.1, -0.05) is 12.1 Å². The first-order valence-electron chi connectivity index (χ1n) is 10.2. The lowest BCUT2D eigenvalue weighted by atomic mass is 10.1. The van der Waals surface area contributed by atoms with Crippen molar-refractivity contribution in [3.8, 4) is 17.2 Å². The second kappa shape index (κ2) is 9.38. The van der Waals surface area contributed by atoms with E-state index in [0.717, 1.165) is 5.69 Å². The Morgan fingerprint density at radius 1 is 0.806 bits per heavy atom. The SMILES string of the molecule is COc1ccccc1OCC(=O)N1CCN(C(=O)c2ccc(-n3cccc3)cc2)CC1. The number of para-hydroxylation sites is 2. The molecule has 2 amide bonds. The molecule has 160 valence electrons. The van der Waals surface area contributed by atoms with Gasteiger partial charge in [-0.2, -0.15) is 0 Å². The number of methoxy groups -OCH3 is 1. The summed E-state index contributed by atoms with van der Waals surface area (Å²) in [5.74, 6) is 1.01. The standard InChI is InChI=1S/C24H25N3O4/c1-30-21-6-2-3-7-22(21)31-18-23(28)26-14-16-27(17-15-26)24(29)19-8-10-20(11-9-19)25-12-4-5-13-25/h2-13H,14-18H2,1H3. The van der Waals surface area contributed by atoms with Crippen molar-refractivity contribution in [1.82, 2.24) is 14.4 Å². The quantitative estimate of drug-likeness (QED) is 0.616. The van der Waals surface area contributed by atoms with Gasteiger partial charge in [-0.15, -0.1) is 0 Å². The fourth-order valence-electron chi connectivity index (χ4n) is 3.59. The van der Waals surface area contributed by atoms with Crippen molar-refractivity contribution in [3.05, 3.63) is 78.6 Å². The average molecular weight is 419 g/mol. The highest BCUT2D eigenvalue weighted by atomic mass is 16.5. The largest absolute Gasteiger partial charge is 0.493 e. The molecule has 7 heteroatoms. The van der Waals surface area contributed by atoms with Crippen LogP contribution in [0, 0.1) is 0 Å². The molecule has 1 saturated heterocycles. The molecule has 1 fully saturated rings. The van der Waals surface area contributed by atoms with Gasteiger partial charge in [0.25, 0.3) is 11.8 Å². The van der Waals surface area contributed by atoms with Crippen LogP contribution in [0.2, 0.25) is 0 Å². The van der Waals surface area contributed by atoms with Crippen LogP contribution < -0.4 is 9.47 Å². The van der Waals surface area contributed by atoms with Crippen molar-refractivity contribution in [3.63, 3.8) is 0 Å². The monoisotopic (exact) mass is 419 g/mol. The van der Waals surface area contributed by atoms with Crippen molar-refractivity contribution in [2.24, 2.45) is 0 Å². The first kappa shape index (κ1) is 20.5. The number of ether oxygens (including phenoxy) is 2. The third-order valence-corrected chi connectivity index (χ3v) is 5.36. The maximum Gasteiger partial charge on any atom is 0.260 e. The number of nitrogens with zero attached hydrogens (tertiary/aromatic N) is 3. The molecule has 3 aromatic rings. The molecular weight excluding hydrogens is 394 g/mol. The van der Waals surface area contributed by atoms with Crippen molar-refractivity contribution in [2.75, 3.05) is 39.9 Å². The Hall–Kier alpha value is -3.74. The van der Waals surface area contributed by atoms with Crippen LogP contribution in [0.4, 0.5) is 0 Å². The molecule has 4 rings (SSSR count). The van der Waals surface area contributed by atoms with Crippen LogP contribution in [0.15, 0.2) is 73.1 Å². The molecule has 0 aliphatic carbocycles. The van der Waals surface area contributed by atoms with Crippen LogP contribution in [0.3, 0.4) is 0 Å². The maximum atomic E-state index is 12.8. The van der Waals surface area contributed by atoms with Gasteiger partial charge in [0.05, 0.1) is 7.11 Å². The minimum atomic E-state index is -0.103. The Labute approximate surface area is 181 Å². The van der Waals surface area contributed by atoms with Gasteiger partial charge in [-0.25, -0.2) is 0 Å². The number of benzene rings is 2. The molecule has 31 heavy (non-hydrogen) atoms. The molecule has 1 aliphatic heterocycles. The lowest BCUT2D eigenvalue weighted by Crippen LogP contribution is -2.51. The average Bonchev–Trinajstić information content (AvgIpc) is 3.37. The van der Waals surface area contributed by atoms with E-state index < -0.39 is 0 Å². The van der Waals surface area contributed by atoms with Crippen LogP contribution in [-0.4, -0.2) is 66.1 Å². The first-order valence-corrected chi connectivity index (χ1v) is 10.2. The predicted molar refractivity (Wildman–Crippen MR) is 117 cm³/mol. The minimum absolute atomic E-state index is 0.0172. The molecule has 0 unspecified atom stereocenters. The summed E-state index contributed by atoms with van der Waals surface area (Å²) >= 11 is 0. The number of rotatable bonds is 6. The number of hydrogen-bond donors (Lipinski definition) is 0. The van der Waals surface area contributed by atoms with E-state index in [1.54, 1.807) is 29.0 Å². The van der Waals surface area contributed by atoms with Crippen molar-refractivity contribution in [2.45, 2.75) is 0 Å². The highest BCUT2D eigenvalue weighted by Crippen LogP contribution is 2.25. The van der Waals surface area contributed by atoms with Gasteiger partial charge >= 0.3 is 0 Å². The summed E-state index contributed by atoms with van der Waals surface area (Å²) in [6.45, 7) is 1.91. The molecular formula is C24H25N3O4. The van der Waals surface area contributed by atoms with E-state index in [0.29, 0.717) is 43.2 Å². The Morgan fingerprint density at radius 2 is 1.42 bits per heavy atom. The Morgan fingerprint density at radius 3 is 2.06 bits per heavy atom. The molecule has 0 radical (unpaired) electrons. The summed E-state index contributed by atoms with van der Waals surface area (Å²) < 4.78 is 12.9. The minimum Gasteiger partial charge on any atom is -0.493 e. The molecule has 2 heterocycles. The zero-order valence-electron chi connectivity index (χ0n) is 17.4. The van der Waals surface area contributed by atoms with Crippen LogP contribution in [0.5, 0.6) is 11.5 Å². The summed E-state index contributed by atoms with van der Waals surface area (Å²) in [6, 6.07) is 18.7. The van der Waals surface area contributed by atoms with Crippen molar-refractivity contribution < 1.29 is 19.1 Å². The number of hydrogen-bond acceptors (Lipinski definition) is 4. The van der Waals surface area contributed by atoms with Crippen LogP contribution >= 0.6 is 0 Å². The lowest BCUT2D eigenvalue weighted by Gasteiger charge is -2.34. The number of aromatic nitrogens is 1. The third-order valence-electron chi connectivity index (χ3n) is 5.36. The molecule has 0 spiro atoms. The van der Waals surface area contributed by atoms with Gasteiger partial charge in [-0.05, 0) is 48.5 Å². The summed E-state index contributed by atoms with van der Waals surface area (Å²) in [6.07, 6.45) is 3.93. The Bertz CT molecular complexity index is 1020. The Balaban J connectivity index is 1.29. The van der Waals surface area contributed by atoms with Gasteiger partial charge in [0.15, 0.2) is 18.1 Å². The molecule has 1 aromatic heterocycles. The van der Waals surface area contributed by atoms with E-state index in [9.17, 15) is 9.59 Å². The van der Waals surface area contributed by atoms with E-state index in [1.165, 1.54) is 0 Å². The van der Waals surface area contributed by atoms with E-state index >= 15 is 0 Å². The smallest absolute Gasteiger partial charge is 0.260 e. The zero-order chi connectivity index (χ0) is 21.6. The van der Waals surface area contributed by atoms with Crippen molar-refractivity contribution >= 4 is 11.8 Å². The molecule has 0 bridgehead atoms. The van der Waals surface area contributed by atoms with E-state index in [1.807, 2.05) is 65.5 Å². The number of carbonyl (C=O) groups excluding carboxylic acids is 2. The van der Waals surface area contributed by atoms with Crippen molar-refractivity contribution in [1.29, 1.82) is 0 Å². The highest BCUT2D eigenvalue weighted by Gasteiger charge is 2.25. The summed E-state index contributed by atoms with van der Waals surface area (Å²) in [4.78, 5) is 28.9.